The Labute approximate surface area is 96.2 Å². The van der Waals surface area contributed by atoms with Gasteiger partial charge in [0.2, 0.25) is 0 Å². The van der Waals surface area contributed by atoms with Crippen molar-refractivity contribution < 1.29 is 9.32 Å². The van der Waals surface area contributed by atoms with Crippen LogP contribution >= 0.6 is 11.6 Å². The number of halogens is 1. The summed E-state index contributed by atoms with van der Waals surface area (Å²) in [6.45, 7) is 0. The number of nitrogens with two attached hydrogens (primary N) is 1. The first-order chi connectivity index (χ1) is 7.66. The lowest BCUT2D eigenvalue weighted by Crippen LogP contribution is -2.14. The van der Waals surface area contributed by atoms with Crippen LogP contribution in [0.4, 0.5) is 11.5 Å². The first kappa shape index (κ1) is 10.5. The zero-order chi connectivity index (χ0) is 11.5. The summed E-state index contributed by atoms with van der Waals surface area (Å²) in [5.41, 5.74) is 6.32. The molecule has 0 saturated carbocycles. The van der Waals surface area contributed by atoms with Crippen molar-refractivity contribution in [1.29, 1.82) is 0 Å². The van der Waals surface area contributed by atoms with Gasteiger partial charge in [-0.2, -0.15) is 0 Å². The molecule has 5 nitrogen and oxygen atoms in total. The molecule has 1 aromatic heterocycles. The van der Waals surface area contributed by atoms with Crippen molar-refractivity contribution >= 4 is 29.0 Å². The second kappa shape index (κ2) is 4.24. The number of carbonyl (C=O) groups excluding carboxylic acids is 1. The van der Waals surface area contributed by atoms with Crippen molar-refractivity contribution in [2.45, 2.75) is 0 Å². The second-order valence-corrected chi connectivity index (χ2v) is 3.51. The largest absolute Gasteiger partial charge is 0.398 e. The van der Waals surface area contributed by atoms with E-state index < -0.39 is 0 Å². The zero-order valence-electron chi connectivity index (χ0n) is 8.11. The number of amides is 1. The van der Waals surface area contributed by atoms with E-state index in [0.717, 1.165) is 0 Å². The monoisotopic (exact) mass is 237 g/mol. The number of nitrogens with one attached hydrogen (secondary N) is 1. The summed E-state index contributed by atoms with van der Waals surface area (Å²) in [4.78, 5) is 11.7. The van der Waals surface area contributed by atoms with Gasteiger partial charge in [0.15, 0.2) is 5.82 Å². The van der Waals surface area contributed by atoms with Gasteiger partial charge in [0, 0.05) is 16.8 Å². The van der Waals surface area contributed by atoms with Gasteiger partial charge in [-0.15, -0.1) is 0 Å². The summed E-state index contributed by atoms with van der Waals surface area (Å²) >= 11 is 5.73. The number of carbonyl (C=O) groups is 1. The first-order valence-electron chi connectivity index (χ1n) is 4.43. The maximum absolute atomic E-state index is 11.7. The lowest BCUT2D eigenvalue weighted by molar-refractivity contribution is 0.102. The highest BCUT2D eigenvalue weighted by atomic mass is 35.5. The van der Waals surface area contributed by atoms with E-state index in [4.69, 9.17) is 17.3 Å². The molecule has 3 N–H and O–H groups in total. The summed E-state index contributed by atoms with van der Waals surface area (Å²) in [5, 5.41) is 6.57. The van der Waals surface area contributed by atoms with Gasteiger partial charge in [-0.1, -0.05) is 16.8 Å². The van der Waals surface area contributed by atoms with Gasteiger partial charge >= 0.3 is 0 Å². The first-order valence-corrected chi connectivity index (χ1v) is 4.81. The molecule has 82 valence electrons. The Balaban J connectivity index is 2.21. The van der Waals surface area contributed by atoms with E-state index in [0.29, 0.717) is 22.1 Å². The molecule has 1 aromatic carbocycles. The maximum Gasteiger partial charge on any atom is 0.258 e. The van der Waals surface area contributed by atoms with Gasteiger partial charge in [0.25, 0.3) is 5.91 Å². The van der Waals surface area contributed by atoms with Crippen molar-refractivity contribution in [2.75, 3.05) is 11.1 Å². The average Bonchev–Trinajstić information content (AvgIpc) is 2.70. The Bertz CT molecular complexity index is 511. The van der Waals surface area contributed by atoms with E-state index in [1.807, 2.05) is 0 Å². The minimum atomic E-state index is -0.358. The normalized spacial score (nSPS) is 10.1. The highest BCUT2D eigenvalue weighted by Gasteiger charge is 2.11. The Morgan fingerprint density at radius 3 is 2.88 bits per heavy atom. The third kappa shape index (κ3) is 2.14. The summed E-state index contributed by atoms with van der Waals surface area (Å²) < 4.78 is 4.58. The van der Waals surface area contributed by atoms with Crippen LogP contribution in [0.3, 0.4) is 0 Å². The lowest BCUT2D eigenvalue weighted by atomic mass is 10.1. The molecule has 2 aromatic rings. The summed E-state index contributed by atoms with van der Waals surface area (Å²) in [6.07, 6.45) is 1.36. The van der Waals surface area contributed by atoms with Crippen LogP contribution in [-0.4, -0.2) is 11.1 Å². The van der Waals surface area contributed by atoms with Crippen molar-refractivity contribution in [3.05, 3.63) is 41.1 Å². The molecule has 0 aliphatic heterocycles. The molecule has 2 rings (SSSR count). The number of hydrogen-bond acceptors (Lipinski definition) is 4. The fourth-order valence-corrected chi connectivity index (χ4v) is 1.38. The van der Waals surface area contributed by atoms with Gasteiger partial charge < -0.3 is 15.6 Å². The highest BCUT2D eigenvalue weighted by Crippen LogP contribution is 2.18. The SMILES string of the molecule is Nc1cc(Cl)ccc1C(=O)Nc1ccon1. The van der Waals surface area contributed by atoms with Crippen molar-refractivity contribution in [3.8, 4) is 0 Å². The van der Waals surface area contributed by atoms with E-state index in [9.17, 15) is 4.79 Å². The summed E-state index contributed by atoms with van der Waals surface area (Å²) in [7, 11) is 0. The molecule has 0 spiro atoms. The van der Waals surface area contributed by atoms with Crippen LogP contribution < -0.4 is 11.1 Å². The second-order valence-electron chi connectivity index (χ2n) is 3.07. The molecule has 0 aliphatic carbocycles. The predicted octanol–water partition coefficient (Wildman–Crippen LogP) is 2.16. The van der Waals surface area contributed by atoms with Crippen LogP contribution in [0.2, 0.25) is 5.02 Å². The lowest BCUT2D eigenvalue weighted by Gasteiger charge is -2.04. The number of rotatable bonds is 2. The number of anilines is 2. The fraction of sp³-hybridized carbons (Fsp3) is 0. The van der Waals surface area contributed by atoms with Crippen molar-refractivity contribution in [2.24, 2.45) is 0 Å². The molecule has 0 fully saturated rings. The maximum atomic E-state index is 11.7. The molecule has 0 atom stereocenters. The van der Waals surface area contributed by atoms with E-state index in [1.165, 1.54) is 18.4 Å². The third-order valence-electron chi connectivity index (χ3n) is 1.94. The van der Waals surface area contributed by atoms with Gasteiger partial charge in [0.05, 0.1) is 5.56 Å². The molecular formula is C10H8ClN3O2. The van der Waals surface area contributed by atoms with Crippen molar-refractivity contribution in [1.82, 2.24) is 5.16 Å². The zero-order valence-corrected chi connectivity index (χ0v) is 8.86. The third-order valence-corrected chi connectivity index (χ3v) is 2.17. The minimum absolute atomic E-state index is 0.313. The molecule has 16 heavy (non-hydrogen) atoms. The number of aromatic nitrogens is 1. The molecular weight excluding hydrogens is 230 g/mol. The Kier molecular flexibility index (Phi) is 2.78. The molecule has 6 heteroatoms. The number of nitrogen functional groups attached to an aromatic ring is 1. The van der Waals surface area contributed by atoms with Crippen LogP contribution in [0.15, 0.2) is 35.1 Å². The highest BCUT2D eigenvalue weighted by molar-refractivity contribution is 6.31. The molecule has 0 unspecified atom stereocenters. The van der Waals surface area contributed by atoms with Gasteiger partial charge in [-0.05, 0) is 18.2 Å². The van der Waals surface area contributed by atoms with E-state index in [-0.39, 0.29) is 5.91 Å². The minimum Gasteiger partial charge on any atom is -0.398 e. The van der Waals surface area contributed by atoms with Crippen molar-refractivity contribution in [3.63, 3.8) is 0 Å². The molecule has 0 saturated heterocycles. The van der Waals surface area contributed by atoms with Gasteiger partial charge in [-0.25, -0.2) is 0 Å². The number of hydrogen-bond donors (Lipinski definition) is 2. The Morgan fingerprint density at radius 1 is 1.44 bits per heavy atom. The predicted molar refractivity (Wildman–Crippen MR) is 60.3 cm³/mol. The van der Waals surface area contributed by atoms with E-state index in [1.54, 1.807) is 12.1 Å². The topological polar surface area (TPSA) is 81.2 Å². The van der Waals surface area contributed by atoms with Crippen LogP contribution in [0.5, 0.6) is 0 Å². The standard InChI is InChI=1S/C10H8ClN3O2/c11-6-1-2-7(8(12)5-6)10(15)13-9-3-4-16-14-9/h1-5H,12H2,(H,13,14,15). The van der Waals surface area contributed by atoms with Gasteiger partial charge in [-0.3, -0.25) is 4.79 Å². The number of nitrogens with zero attached hydrogens (tertiary/aromatic N) is 1. The Morgan fingerprint density at radius 2 is 2.25 bits per heavy atom. The van der Waals surface area contributed by atoms with Crippen LogP contribution in [0, 0.1) is 0 Å². The Hall–Kier alpha value is -2.01. The average molecular weight is 238 g/mol. The summed E-state index contributed by atoms with van der Waals surface area (Å²) in [6, 6.07) is 6.19. The van der Waals surface area contributed by atoms with E-state index >= 15 is 0 Å². The van der Waals surface area contributed by atoms with Crippen LogP contribution in [-0.2, 0) is 0 Å². The molecule has 0 bridgehead atoms. The number of benzene rings is 1. The molecule has 1 heterocycles. The molecule has 1 amide bonds. The fourth-order valence-electron chi connectivity index (χ4n) is 1.20. The molecule has 0 radical (unpaired) electrons. The van der Waals surface area contributed by atoms with Crippen LogP contribution in [0.25, 0.3) is 0 Å². The molecule has 0 aliphatic rings. The van der Waals surface area contributed by atoms with E-state index in [2.05, 4.69) is 15.0 Å². The quantitative estimate of drug-likeness (QED) is 0.785. The smallest absolute Gasteiger partial charge is 0.258 e. The van der Waals surface area contributed by atoms with Crippen LogP contribution in [0.1, 0.15) is 10.4 Å². The van der Waals surface area contributed by atoms with Gasteiger partial charge in [0.1, 0.15) is 6.26 Å². The summed E-state index contributed by atoms with van der Waals surface area (Å²) in [5.74, 6) is -0.0255.